The van der Waals surface area contributed by atoms with Crippen LogP contribution in [0, 0.1) is 13.8 Å². The molecule has 1 unspecified atom stereocenters. The number of fused-ring (bicyclic) bond motifs is 3. The lowest BCUT2D eigenvalue weighted by molar-refractivity contribution is -0.126. The Labute approximate surface area is 242 Å². The van der Waals surface area contributed by atoms with Crippen LogP contribution < -0.4 is 10.6 Å². The van der Waals surface area contributed by atoms with Crippen molar-refractivity contribution < 1.29 is 9.59 Å². The predicted molar refractivity (Wildman–Crippen MR) is 166 cm³/mol. The first-order chi connectivity index (χ1) is 19.9. The van der Waals surface area contributed by atoms with Crippen molar-refractivity contribution >= 4 is 44.0 Å². The molecule has 4 aromatic carbocycles. The van der Waals surface area contributed by atoms with Gasteiger partial charge in [-0.25, -0.2) is 4.98 Å². The minimum atomic E-state index is -0.719. The number of nitrogens with zero attached hydrogens (tertiary/aromatic N) is 2. The third-order valence-electron chi connectivity index (χ3n) is 7.03. The predicted octanol–water partition coefficient (Wildman–Crippen LogP) is 6.74. The molecule has 0 saturated heterocycles. The number of imidazole rings is 1. The topological polar surface area (TPSA) is 75.5 Å². The number of nitrogens with one attached hydrogen (secondary N) is 2. The zero-order valence-electron chi connectivity index (χ0n) is 22.9. The van der Waals surface area contributed by atoms with E-state index in [9.17, 15) is 9.59 Å². The van der Waals surface area contributed by atoms with E-state index in [1.54, 1.807) is 11.3 Å². The number of aryl methyl sites for hydroxylation is 2. The summed E-state index contributed by atoms with van der Waals surface area (Å²) in [5.41, 5.74) is 7.76. The van der Waals surface area contributed by atoms with Gasteiger partial charge in [-0.1, -0.05) is 95.3 Å². The Kier molecular flexibility index (Phi) is 7.35. The largest absolute Gasteiger partial charge is 0.344 e. The minimum absolute atomic E-state index is 0.186. The Morgan fingerprint density at radius 2 is 1.56 bits per heavy atom. The van der Waals surface area contributed by atoms with Crippen LogP contribution >= 0.6 is 11.3 Å². The molecule has 2 amide bonds. The lowest BCUT2D eigenvalue weighted by atomic mass is 10.0. The fourth-order valence-corrected chi connectivity index (χ4v) is 6.21. The third kappa shape index (κ3) is 6.05. The lowest BCUT2D eigenvalue weighted by Gasteiger charge is -2.19. The summed E-state index contributed by atoms with van der Waals surface area (Å²) in [6, 6.07) is 31.0. The maximum absolute atomic E-state index is 13.4. The van der Waals surface area contributed by atoms with E-state index in [1.165, 1.54) is 4.70 Å². The molecule has 204 valence electrons. The maximum atomic E-state index is 13.4. The van der Waals surface area contributed by atoms with Crippen molar-refractivity contribution in [2.45, 2.75) is 32.7 Å². The number of hydrogen-bond acceptors (Lipinski definition) is 4. The Bertz CT molecular complexity index is 1840. The molecule has 0 saturated carbocycles. The van der Waals surface area contributed by atoms with Gasteiger partial charge in [0.05, 0.1) is 22.3 Å². The third-order valence-corrected chi connectivity index (χ3v) is 8.06. The van der Waals surface area contributed by atoms with Crippen molar-refractivity contribution in [2.75, 3.05) is 5.32 Å². The maximum Gasteiger partial charge on any atom is 0.247 e. The van der Waals surface area contributed by atoms with Gasteiger partial charge in [-0.2, -0.15) is 0 Å². The number of amides is 2. The van der Waals surface area contributed by atoms with Gasteiger partial charge in [-0.15, -0.1) is 0 Å². The summed E-state index contributed by atoms with van der Waals surface area (Å²) < 4.78 is 3.31. The fraction of sp³-hybridized carbons (Fsp3) is 0.147. The Morgan fingerprint density at radius 3 is 2.32 bits per heavy atom. The van der Waals surface area contributed by atoms with E-state index in [0.717, 1.165) is 44.0 Å². The van der Waals surface area contributed by atoms with E-state index in [0.29, 0.717) is 12.1 Å². The Balaban J connectivity index is 1.17. The quantitative estimate of drug-likeness (QED) is 0.217. The fourth-order valence-electron chi connectivity index (χ4n) is 5.20. The van der Waals surface area contributed by atoms with Crippen LogP contribution in [0.2, 0.25) is 0 Å². The van der Waals surface area contributed by atoms with Gasteiger partial charge in [0.1, 0.15) is 6.04 Å². The molecule has 0 aliphatic heterocycles. The normalized spacial score (nSPS) is 12.0. The highest BCUT2D eigenvalue weighted by atomic mass is 32.1. The lowest BCUT2D eigenvalue weighted by Crippen LogP contribution is -2.45. The number of carbonyl (C=O) groups is 2. The van der Waals surface area contributed by atoms with Gasteiger partial charge in [-0.3, -0.25) is 14.0 Å². The highest BCUT2D eigenvalue weighted by Gasteiger charge is 2.22. The number of benzene rings is 4. The minimum Gasteiger partial charge on any atom is -0.344 e. The van der Waals surface area contributed by atoms with Crippen LogP contribution in [0.25, 0.3) is 26.4 Å². The molecule has 7 heteroatoms. The summed E-state index contributed by atoms with van der Waals surface area (Å²) in [5.74, 6) is -0.446. The molecule has 2 heterocycles. The summed E-state index contributed by atoms with van der Waals surface area (Å²) in [6.07, 6.45) is 2.65. The van der Waals surface area contributed by atoms with Crippen LogP contribution in [0.3, 0.4) is 0 Å². The van der Waals surface area contributed by atoms with Crippen molar-refractivity contribution in [1.29, 1.82) is 0 Å². The molecule has 2 aromatic heterocycles. The first-order valence-electron chi connectivity index (χ1n) is 13.6. The second-order valence-corrected chi connectivity index (χ2v) is 11.4. The number of hydrogen-bond donors (Lipinski definition) is 2. The van der Waals surface area contributed by atoms with Gasteiger partial charge in [0.2, 0.25) is 11.8 Å². The average Bonchev–Trinajstić information content (AvgIpc) is 3.51. The van der Waals surface area contributed by atoms with Crippen LogP contribution in [0.1, 0.15) is 22.3 Å². The highest BCUT2D eigenvalue weighted by Crippen LogP contribution is 2.29. The molecule has 6 aromatic rings. The van der Waals surface area contributed by atoms with Crippen LogP contribution in [-0.4, -0.2) is 27.2 Å². The van der Waals surface area contributed by atoms with E-state index in [1.807, 2.05) is 98.9 Å². The van der Waals surface area contributed by atoms with E-state index in [-0.39, 0.29) is 18.2 Å². The summed E-state index contributed by atoms with van der Waals surface area (Å²) in [4.78, 5) is 32.2. The van der Waals surface area contributed by atoms with Gasteiger partial charge in [0.15, 0.2) is 4.96 Å². The zero-order valence-corrected chi connectivity index (χ0v) is 23.7. The van der Waals surface area contributed by atoms with E-state index >= 15 is 0 Å². The first kappa shape index (κ1) is 26.5. The molecule has 1 atom stereocenters. The van der Waals surface area contributed by atoms with Crippen molar-refractivity contribution in [3.8, 4) is 11.3 Å². The van der Waals surface area contributed by atoms with Crippen molar-refractivity contribution in [3.63, 3.8) is 0 Å². The molecule has 6 nitrogen and oxygen atoms in total. The van der Waals surface area contributed by atoms with Crippen LogP contribution in [0.15, 0.2) is 103 Å². The second-order valence-electron chi connectivity index (χ2n) is 10.4. The number of anilines is 1. The Hall–Kier alpha value is -4.75. The molecule has 0 radical (unpaired) electrons. The monoisotopic (exact) mass is 558 g/mol. The smallest absolute Gasteiger partial charge is 0.247 e. The van der Waals surface area contributed by atoms with Gasteiger partial charge in [0, 0.05) is 23.9 Å². The van der Waals surface area contributed by atoms with Crippen molar-refractivity contribution in [3.05, 3.63) is 126 Å². The van der Waals surface area contributed by atoms with Crippen molar-refractivity contribution in [2.24, 2.45) is 0 Å². The van der Waals surface area contributed by atoms with E-state index < -0.39 is 6.04 Å². The molecule has 0 spiro atoms. The summed E-state index contributed by atoms with van der Waals surface area (Å²) >= 11 is 1.66. The molecular formula is C34H30N4O2S. The summed E-state index contributed by atoms with van der Waals surface area (Å²) in [6.45, 7) is 4.03. The summed E-state index contributed by atoms with van der Waals surface area (Å²) in [5, 5.41) is 5.97. The number of thiazole rings is 1. The van der Waals surface area contributed by atoms with Gasteiger partial charge < -0.3 is 10.6 Å². The standard InChI is InChI=1S/C34H30N4O2S/c1-22-16-23(2)18-25(17-22)20-32(39)36-28(19-24-8-4-3-5-9-24)33(40)35-27-14-12-26(13-15-27)29-21-38-30-10-6-7-11-31(30)41-34(38)37-29/h3-18,21,28H,19-20H2,1-2H3,(H,35,40)(H,36,39). The second kappa shape index (κ2) is 11.4. The van der Waals surface area contributed by atoms with Crippen LogP contribution in [0.5, 0.6) is 0 Å². The van der Waals surface area contributed by atoms with Gasteiger partial charge in [0.25, 0.3) is 0 Å². The summed E-state index contributed by atoms with van der Waals surface area (Å²) in [7, 11) is 0. The molecular weight excluding hydrogens is 528 g/mol. The van der Waals surface area contributed by atoms with E-state index in [2.05, 4.69) is 33.2 Å². The SMILES string of the molecule is Cc1cc(C)cc(CC(=O)NC(Cc2ccccc2)C(=O)Nc2ccc(-c3cn4c(n3)sc3ccccc34)cc2)c1. The number of para-hydroxylation sites is 1. The molecule has 0 fully saturated rings. The highest BCUT2D eigenvalue weighted by molar-refractivity contribution is 7.23. The number of aromatic nitrogens is 2. The van der Waals surface area contributed by atoms with Gasteiger partial charge >= 0.3 is 0 Å². The molecule has 0 aliphatic rings. The molecule has 6 rings (SSSR count). The van der Waals surface area contributed by atoms with E-state index in [4.69, 9.17) is 4.98 Å². The van der Waals surface area contributed by atoms with Crippen LogP contribution in [0.4, 0.5) is 5.69 Å². The number of carbonyl (C=O) groups excluding carboxylic acids is 2. The van der Waals surface area contributed by atoms with Crippen molar-refractivity contribution in [1.82, 2.24) is 14.7 Å². The molecule has 0 bridgehead atoms. The zero-order chi connectivity index (χ0) is 28.3. The van der Waals surface area contributed by atoms with Gasteiger partial charge in [-0.05, 0) is 49.2 Å². The Morgan fingerprint density at radius 1 is 0.854 bits per heavy atom. The molecule has 2 N–H and O–H groups in total. The first-order valence-corrected chi connectivity index (χ1v) is 14.4. The number of rotatable bonds is 8. The van der Waals surface area contributed by atoms with Crippen LogP contribution in [-0.2, 0) is 22.4 Å². The molecule has 0 aliphatic carbocycles. The molecule has 41 heavy (non-hydrogen) atoms. The average molecular weight is 559 g/mol.